The Bertz CT molecular complexity index is 575. The summed E-state index contributed by atoms with van der Waals surface area (Å²) in [6, 6.07) is 0. The SMILES string of the molecule is CC1=CC2OC3CC4(O)OCC2(CC1=O)C4(C)C31CO1. The van der Waals surface area contributed by atoms with Gasteiger partial charge in [0.1, 0.15) is 5.60 Å². The van der Waals surface area contributed by atoms with Gasteiger partial charge in [0.15, 0.2) is 11.6 Å². The summed E-state index contributed by atoms with van der Waals surface area (Å²) in [5.41, 5.74) is -0.782. The van der Waals surface area contributed by atoms with Crippen molar-refractivity contribution in [3.05, 3.63) is 11.6 Å². The van der Waals surface area contributed by atoms with Gasteiger partial charge in [0, 0.05) is 18.3 Å². The number of rotatable bonds is 0. The lowest BCUT2D eigenvalue weighted by Gasteiger charge is -2.54. The van der Waals surface area contributed by atoms with Crippen molar-refractivity contribution in [2.45, 2.75) is 50.3 Å². The van der Waals surface area contributed by atoms with Gasteiger partial charge >= 0.3 is 0 Å². The molecule has 6 atom stereocenters. The van der Waals surface area contributed by atoms with E-state index in [9.17, 15) is 9.90 Å². The first-order valence-corrected chi connectivity index (χ1v) is 7.26. The molecule has 2 bridgehead atoms. The van der Waals surface area contributed by atoms with Crippen LogP contribution in [0, 0.1) is 10.8 Å². The predicted octanol–water partition coefficient (Wildman–Crippen LogP) is 0.557. The summed E-state index contributed by atoms with van der Waals surface area (Å²) < 4.78 is 17.9. The summed E-state index contributed by atoms with van der Waals surface area (Å²) in [7, 11) is 0. The van der Waals surface area contributed by atoms with E-state index in [1.165, 1.54) is 0 Å². The predicted molar refractivity (Wildman–Crippen MR) is 66.8 cm³/mol. The van der Waals surface area contributed by atoms with E-state index in [-0.39, 0.29) is 18.0 Å². The number of epoxide rings is 1. The van der Waals surface area contributed by atoms with Crippen LogP contribution in [0.15, 0.2) is 11.6 Å². The summed E-state index contributed by atoms with van der Waals surface area (Å²) >= 11 is 0. The van der Waals surface area contributed by atoms with E-state index in [2.05, 4.69) is 0 Å². The summed E-state index contributed by atoms with van der Waals surface area (Å²) in [6.45, 7) is 4.82. The third-order valence-electron chi connectivity index (χ3n) is 6.80. The highest BCUT2D eigenvalue weighted by atomic mass is 16.7. The number of allylic oxidation sites excluding steroid dienone is 1. The summed E-state index contributed by atoms with van der Waals surface area (Å²) in [5.74, 6) is -1.11. The minimum absolute atomic E-state index is 0.125. The Labute approximate surface area is 116 Å². The molecule has 5 heteroatoms. The number of ether oxygens (including phenoxy) is 3. The first-order chi connectivity index (χ1) is 9.39. The fourth-order valence-corrected chi connectivity index (χ4v) is 5.34. The van der Waals surface area contributed by atoms with Crippen molar-refractivity contribution in [2.75, 3.05) is 13.2 Å². The van der Waals surface area contributed by atoms with Crippen LogP contribution in [0.1, 0.15) is 26.7 Å². The monoisotopic (exact) mass is 278 g/mol. The molecule has 4 fully saturated rings. The molecule has 20 heavy (non-hydrogen) atoms. The van der Waals surface area contributed by atoms with E-state index in [0.29, 0.717) is 26.1 Å². The second kappa shape index (κ2) is 2.90. The van der Waals surface area contributed by atoms with Crippen LogP contribution in [0.25, 0.3) is 0 Å². The van der Waals surface area contributed by atoms with Crippen molar-refractivity contribution in [2.24, 2.45) is 10.8 Å². The fraction of sp³-hybridized carbons (Fsp3) is 0.800. The normalized spacial score (nSPS) is 62.5. The number of carbonyl (C=O) groups is 1. The number of hydrogen-bond acceptors (Lipinski definition) is 5. The van der Waals surface area contributed by atoms with Gasteiger partial charge < -0.3 is 19.3 Å². The maximum Gasteiger partial charge on any atom is 0.177 e. The van der Waals surface area contributed by atoms with Crippen LogP contribution in [0.4, 0.5) is 0 Å². The number of ketones is 1. The highest BCUT2D eigenvalue weighted by Crippen LogP contribution is 2.77. The molecular weight excluding hydrogens is 260 g/mol. The second-order valence-electron chi connectivity index (χ2n) is 7.23. The maximum atomic E-state index is 12.3. The van der Waals surface area contributed by atoms with Gasteiger partial charge in [0.25, 0.3) is 0 Å². The molecule has 0 amide bonds. The molecule has 0 radical (unpaired) electrons. The Morgan fingerprint density at radius 2 is 2.10 bits per heavy atom. The van der Waals surface area contributed by atoms with E-state index < -0.39 is 22.2 Å². The van der Waals surface area contributed by atoms with Gasteiger partial charge in [-0.15, -0.1) is 0 Å². The van der Waals surface area contributed by atoms with Gasteiger partial charge in [-0.1, -0.05) is 6.92 Å². The zero-order valence-corrected chi connectivity index (χ0v) is 11.6. The molecule has 0 aromatic rings. The van der Waals surface area contributed by atoms with Crippen molar-refractivity contribution in [3.8, 4) is 0 Å². The first-order valence-electron chi connectivity index (χ1n) is 7.26. The lowest BCUT2D eigenvalue weighted by Crippen LogP contribution is -2.65. The lowest BCUT2D eigenvalue weighted by molar-refractivity contribution is -0.226. The van der Waals surface area contributed by atoms with Crippen LogP contribution in [0.2, 0.25) is 0 Å². The summed E-state index contributed by atoms with van der Waals surface area (Å²) in [5, 5.41) is 11.0. The molecule has 6 unspecified atom stereocenters. The second-order valence-corrected chi connectivity index (χ2v) is 7.23. The average Bonchev–Trinajstić information content (AvgIpc) is 3.12. The Kier molecular flexibility index (Phi) is 1.72. The Morgan fingerprint density at radius 3 is 2.80 bits per heavy atom. The van der Waals surface area contributed by atoms with Gasteiger partial charge in [0.05, 0.1) is 30.8 Å². The molecule has 5 rings (SSSR count). The molecule has 1 saturated carbocycles. The quantitative estimate of drug-likeness (QED) is 0.656. The standard InChI is InChI=1S/C15H18O5/c1-8-3-10-13(4-9(8)16)6-19-15(17)5-11(20-10)14(7-18-14)12(13,15)2/h3,10-11,17H,4-7H2,1-2H3. The fourth-order valence-electron chi connectivity index (χ4n) is 5.34. The molecule has 5 nitrogen and oxygen atoms in total. The van der Waals surface area contributed by atoms with Crippen LogP contribution in [0.5, 0.6) is 0 Å². The van der Waals surface area contributed by atoms with Crippen molar-refractivity contribution < 1.29 is 24.1 Å². The molecule has 0 aromatic carbocycles. The molecular formula is C15H18O5. The highest BCUT2D eigenvalue weighted by Gasteiger charge is 2.89. The van der Waals surface area contributed by atoms with E-state index in [4.69, 9.17) is 14.2 Å². The topological polar surface area (TPSA) is 68.3 Å². The molecule has 2 aliphatic carbocycles. The Morgan fingerprint density at radius 1 is 1.35 bits per heavy atom. The van der Waals surface area contributed by atoms with Crippen molar-refractivity contribution in [1.29, 1.82) is 0 Å². The van der Waals surface area contributed by atoms with Crippen LogP contribution in [-0.4, -0.2) is 47.7 Å². The number of carbonyl (C=O) groups excluding carboxylic acids is 1. The van der Waals surface area contributed by atoms with E-state index >= 15 is 0 Å². The molecule has 5 aliphatic rings. The van der Waals surface area contributed by atoms with E-state index in [1.807, 2.05) is 19.9 Å². The zero-order valence-electron chi connectivity index (χ0n) is 11.6. The first kappa shape index (κ1) is 11.9. The van der Waals surface area contributed by atoms with Gasteiger partial charge in [-0.05, 0) is 18.6 Å². The molecule has 3 heterocycles. The smallest absolute Gasteiger partial charge is 0.177 e. The minimum atomic E-state index is -1.23. The number of Topliss-reactive ketones (excluding diaryl/α,β-unsaturated/α-hetero) is 1. The zero-order chi connectivity index (χ0) is 14.0. The number of hydrogen-bond donors (Lipinski definition) is 1. The van der Waals surface area contributed by atoms with Crippen LogP contribution >= 0.6 is 0 Å². The minimum Gasteiger partial charge on any atom is -0.367 e. The third-order valence-corrected chi connectivity index (χ3v) is 6.80. The number of aliphatic hydroxyl groups is 1. The van der Waals surface area contributed by atoms with Crippen molar-refractivity contribution in [1.82, 2.24) is 0 Å². The average molecular weight is 278 g/mol. The van der Waals surface area contributed by atoms with E-state index in [1.54, 1.807) is 0 Å². The van der Waals surface area contributed by atoms with Gasteiger partial charge in [-0.25, -0.2) is 0 Å². The van der Waals surface area contributed by atoms with E-state index in [0.717, 1.165) is 5.57 Å². The summed E-state index contributed by atoms with van der Waals surface area (Å²) in [6.07, 6.45) is 2.42. The molecule has 108 valence electrons. The molecule has 2 spiro atoms. The van der Waals surface area contributed by atoms with Gasteiger partial charge in [-0.3, -0.25) is 4.79 Å². The molecule has 0 aromatic heterocycles. The largest absolute Gasteiger partial charge is 0.367 e. The highest BCUT2D eigenvalue weighted by molar-refractivity contribution is 5.96. The molecule has 3 aliphatic heterocycles. The van der Waals surface area contributed by atoms with Gasteiger partial charge in [0.2, 0.25) is 0 Å². The Hall–Kier alpha value is -0.750. The van der Waals surface area contributed by atoms with Crippen LogP contribution in [-0.2, 0) is 19.0 Å². The van der Waals surface area contributed by atoms with Crippen LogP contribution in [0.3, 0.4) is 0 Å². The maximum absolute atomic E-state index is 12.3. The van der Waals surface area contributed by atoms with Gasteiger partial charge in [-0.2, -0.15) is 0 Å². The third kappa shape index (κ3) is 0.873. The summed E-state index contributed by atoms with van der Waals surface area (Å²) in [4.78, 5) is 12.3. The molecule has 1 N–H and O–H groups in total. The Balaban J connectivity index is 1.78. The molecule has 3 saturated heterocycles. The van der Waals surface area contributed by atoms with Crippen molar-refractivity contribution >= 4 is 5.78 Å². The van der Waals surface area contributed by atoms with Crippen molar-refractivity contribution in [3.63, 3.8) is 0 Å². The lowest BCUT2D eigenvalue weighted by atomic mass is 9.52. The van der Waals surface area contributed by atoms with Crippen LogP contribution < -0.4 is 0 Å².